The van der Waals surface area contributed by atoms with Crippen molar-refractivity contribution in [1.29, 1.82) is 0 Å². The predicted molar refractivity (Wildman–Crippen MR) is 124 cm³/mol. The SMILES string of the molecule is C[C@H](CC[C@](C)(O)C(F)(F)F)[C@H]1CC[C@H]2[C@@H]3CC=C4CC(C)(C)CC[C@]4(C)[C@H]3CC[C@]12C. The first kappa shape index (κ1) is 24.6. The smallest absolute Gasteiger partial charge is 0.381 e. The molecule has 0 unspecified atom stereocenters. The van der Waals surface area contributed by atoms with Crippen LogP contribution in [0.4, 0.5) is 13.2 Å². The van der Waals surface area contributed by atoms with Crippen molar-refractivity contribution in [1.82, 2.24) is 0 Å². The van der Waals surface area contributed by atoms with Gasteiger partial charge in [-0.2, -0.15) is 13.2 Å². The first-order chi connectivity index (χ1) is 14.6. The van der Waals surface area contributed by atoms with E-state index in [-0.39, 0.29) is 17.8 Å². The molecule has 3 fully saturated rings. The maximum absolute atomic E-state index is 13.2. The van der Waals surface area contributed by atoms with Crippen LogP contribution in [0.3, 0.4) is 0 Å². The van der Waals surface area contributed by atoms with Crippen LogP contribution in [0.15, 0.2) is 11.6 Å². The average molecular weight is 455 g/mol. The van der Waals surface area contributed by atoms with Crippen molar-refractivity contribution in [2.75, 3.05) is 0 Å². The van der Waals surface area contributed by atoms with Crippen molar-refractivity contribution in [3.8, 4) is 0 Å². The van der Waals surface area contributed by atoms with Gasteiger partial charge in [0.2, 0.25) is 0 Å². The third-order valence-corrected chi connectivity index (χ3v) is 11.1. The summed E-state index contributed by atoms with van der Waals surface area (Å²) in [6, 6.07) is 0. The van der Waals surface area contributed by atoms with Crippen LogP contribution >= 0.6 is 0 Å². The van der Waals surface area contributed by atoms with Crippen LogP contribution in [0.25, 0.3) is 0 Å². The minimum Gasteiger partial charge on any atom is -0.381 e. The molecule has 0 bridgehead atoms. The highest BCUT2D eigenvalue weighted by atomic mass is 19.4. The van der Waals surface area contributed by atoms with Gasteiger partial charge in [0.25, 0.3) is 0 Å². The first-order valence-electron chi connectivity index (χ1n) is 13.1. The first-order valence-corrected chi connectivity index (χ1v) is 13.1. The number of aliphatic hydroxyl groups is 1. The van der Waals surface area contributed by atoms with Gasteiger partial charge < -0.3 is 5.11 Å². The fraction of sp³-hybridized carbons (Fsp3) is 0.929. The van der Waals surface area contributed by atoms with E-state index in [2.05, 4.69) is 40.7 Å². The highest BCUT2D eigenvalue weighted by molar-refractivity contribution is 5.26. The normalized spacial score (nSPS) is 44.0. The van der Waals surface area contributed by atoms with E-state index in [0.717, 1.165) is 25.2 Å². The quantitative estimate of drug-likeness (QED) is 0.423. The Labute approximate surface area is 193 Å². The topological polar surface area (TPSA) is 20.2 Å². The number of allylic oxidation sites excluding steroid dienone is 2. The lowest BCUT2D eigenvalue weighted by Crippen LogP contribution is -2.51. The molecule has 0 aromatic rings. The Morgan fingerprint density at radius 2 is 1.72 bits per heavy atom. The number of hydrogen-bond acceptors (Lipinski definition) is 1. The Kier molecular flexibility index (Phi) is 5.96. The Bertz CT molecular complexity index is 750. The van der Waals surface area contributed by atoms with Gasteiger partial charge in [-0.25, -0.2) is 0 Å². The van der Waals surface area contributed by atoms with Gasteiger partial charge in [0.15, 0.2) is 5.60 Å². The zero-order chi connectivity index (χ0) is 23.7. The monoisotopic (exact) mass is 454 g/mol. The second kappa shape index (κ2) is 7.75. The van der Waals surface area contributed by atoms with Crippen molar-refractivity contribution in [3.05, 3.63) is 11.6 Å². The maximum atomic E-state index is 13.2. The molecule has 184 valence electrons. The second-order valence-electron chi connectivity index (χ2n) is 13.6. The van der Waals surface area contributed by atoms with Crippen LogP contribution in [0, 0.1) is 45.8 Å². The summed E-state index contributed by atoms with van der Waals surface area (Å²) in [6.45, 7) is 12.9. The van der Waals surface area contributed by atoms with Gasteiger partial charge in [-0.15, -0.1) is 0 Å². The molecule has 0 amide bonds. The summed E-state index contributed by atoms with van der Waals surface area (Å²) >= 11 is 0. The predicted octanol–water partition coefficient (Wildman–Crippen LogP) is 8.32. The summed E-state index contributed by atoms with van der Waals surface area (Å²) < 4.78 is 39.5. The van der Waals surface area contributed by atoms with Crippen LogP contribution in [0.5, 0.6) is 0 Å². The molecule has 4 aliphatic rings. The fourth-order valence-corrected chi connectivity index (χ4v) is 8.81. The van der Waals surface area contributed by atoms with E-state index in [0.29, 0.717) is 29.1 Å². The molecule has 4 heteroatoms. The molecule has 0 heterocycles. The summed E-state index contributed by atoms with van der Waals surface area (Å²) in [5.74, 6) is 2.90. The molecular weight excluding hydrogens is 409 g/mol. The molecule has 1 N–H and O–H groups in total. The highest BCUT2D eigenvalue weighted by Gasteiger charge is 2.59. The number of halogens is 3. The molecule has 1 nitrogen and oxygen atoms in total. The van der Waals surface area contributed by atoms with E-state index in [1.54, 1.807) is 5.57 Å². The summed E-state index contributed by atoms with van der Waals surface area (Å²) in [6.07, 6.45) is 8.23. The van der Waals surface area contributed by atoms with Crippen molar-refractivity contribution < 1.29 is 18.3 Å². The van der Waals surface area contributed by atoms with Crippen LogP contribution in [0.2, 0.25) is 0 Å². The lowest BCUT2D eigenvalue weighted by molar-refractivity contribution is -0.256. The average Bonchev–Trinajstić information content (AvgIpc) is 3.03. The van der Waals surface area contributed by atoms with Crippen molar-refractivity contribution in [2.45, 2.75) is 118 Å². The minimum atomic E-state index is -4.55. The molecule has 0 aromatic carbocycles. The largest absolute Gasteiger partial charge is 0.416 e. The van der Waals surface area contributed by atoms with Gasteiger partial charge >= 0.3 is 6.18 Å². The van der Waals surface area contributed by atoms with Crippen molar-refractivity contribution >= 4 is 0 Å². The molecule has 0 radical (unpaired) electrons. The van der Waals surface area contributed by atoms with Gasteiger partial charge in [0.05, 0.1) is 0 Å². The zero-order valence-electron chi connectivity index (χ0n) is 21.1. The van der Waals surface area contributed by atoms with Crippen LogP contribution in [0.1, 0.15) is 106 Å². The molecule has 0 spiro atoms. The van der Waals surface area contributed by atoms with Gasteiger partial charge in [-0.05, 0) is 117 Å². The third-order valence-electron chi connectivity index (χ3n) is 11.1. The highest BCUT2D eigenvalue weighted by Crippen LogP contribution is 2.68. The van der Waals surface area contributed by atoms with Crippen molar-refractivity contribution in [3.63, 3.8) is 0 Å². The molecule has 8 atom stereocenters. The van der Waals surface area contributed by atoms with Crippen LogP contribution < -0.4 is 0 Å². The second-order valence-corrected chi connectivity index (χ2v) is 13.6. The summed E-state index contributed by atoms with van der Waals surface area (Å²) in [5, 5.41) is 9.94. The molecule has 0 aromatic heterocycles. The van der Waals surface area contributed by atoms with E-state index in [9.17, 15) is 18.3 Å². The molecule has 3 saturated carbocycles. The molecule has 32 heavy (non-hydrogen) atoms. The molecular formula is C28H45F3O. The van der Waals surface area contributed by atoms with Crippen LogP contribution in [-0.4, -0.2) is 16.9 Å². The van der Waals surface area contributed by atoms with E-state index in [1.807, 2.05) is 0 Å². The maximum Gasteiger partial charge on any atom is 0.416 e. The fourth-order valence-electron chi connectivity index (χ4n) is 8.81. The number of hydrogen-bond donors (Lipinski definition) is 1. The van der Waals surface area contributed by atoms with Crippen LogP contribution in [-0.2, 0) is 0 Å². The number of alkyl halides is 3. The van der Waals surface area contributed by atoms with Crippen molar-refractivity contribution in [2.24, 2.45) is 45.8 Å². The lowest BCUT2D eigenvalue weighted by Gasteiger charge is -2.59. The van der Waals surface area contributed by atoms with Gasteiger partial charge in [-0.1, -0.05) is 46.3 Å². The number of fused-ring (bicyclic) bond motifs is 5. The third kappa shape index (κ3) is 3.89. The van der Waals surface area contributed by atoms with E-state index < -0.39 is 11.8 Å². The molecule has 0 saturated heterocycles. The minimum absolute atomic E-state index is 0.194. The standard InChI is InChI=1S/C28H45F3O/c1-18(11-14-27(6,32)28(29,30)31)21-9-10-22-20-8-7-19-17-24(2,3)15-16-25(19,4)23(20)12-13-26(21,22)5/h7,18,20-23,32H,8-17H2,1-6H3/t18-,20+,21-,22+,23+,25+,26-,27+/m1/s1. The van der Waals surface area contributed by atoms with E-state index >= 15 is 0 Å². The Morgan fingerprint density at radius 3 is 2.38 bits per heavy atom. The van der Waals surface area contributed by atoms with E-state index in [4.69, 9.17) is 0 Å². The van der Waals surface area contributed by atoms with Gasteiger partial charge in [-0.3, -0.25) is 0 Å². The van der Waals surface area contributed by atoms with E-state index in [1.165, 1.54) is 44.9 Å². The summed E-state index contributed by atoms with van der Waals surface area (Å²) in [4.78, 5) is 0. The Hall–Kier alpha value is -0.510. The molecule has 4 rings (SSSR count). The van der Waals surface area contributed by atoms with Gasteiger partial charge in [0, 0.05) is 0 Å². The lowest BCUT2D eigenvalue weighted by atomic mass is 9.45. The zero-order valence-corrected chi connectivity index (χ0v) is 21.1. The number of rotatable bonds is 4. The molecule has 4 aliphatic carbocycles. The summed E-state index contributed by atoms with van der Waals surface area (Å²) in [5.41, 5.74) is 0.157. The van der Waals surface area contributed by atoms with Gasteiger partial charge in [0.1, 0.15) is 0 Å². The Balaban J connectivity index is 1.49. The molecule has 0 aliphatic heterocycles. The Morgan fingerprint density at radius 1 is 1.03 bits per heavy atom. The summed E-state index contributed by atoms with van der Waals surface area (Å²) in [7, 11) is 0.